The van der Waals surface area contributed by atoms with Crippen LogP contribution in [0, 0.1) is 0 Å². The standard InChI is InChI=1S/C21H16F3N3O4/c22-21(23,24)20(29)31-19(28)17-18(26-27-25-17)30-14-10-8-13(9-11-14)16-7-3-5-12-4-1-2-6-15(12)16/h3,5,7-11H,1-2,4,6H2,(H,25,26,27). The summed E-state index contributed by atoms with van der Waals surface area (Å²) in [6.45, 7) is 0. The number of hydrogen-bond donors (Lipinski definition) is 1. The molecule has 7 nitrogen and oxygen atoms in total. The van der Waals surface area contributed by atoms with Crippen LogP contribution in [0.25, 0.3) is 11.1 Å². The lowest BCUT2D eigenvalue weighted by Crippen LogP contribution is -2.28. The number of rotatable bonds is 4. The van der Waals surface area contributed by atoms with E-state index in [1.165, 1.54) is 17.5 Å². The highest BCUT2D eigenvalue weighted by atomic mass is 19.4. The molecule has 0 bridgehead atoms. The highest BCUT2D eigenvalue weighted by molar-refractivity contribution is 5.98. The van der Waals surface area contributed by atoms with Crippen LogP contribution in [-0.4, -0.2) is 33.5 Å². The van der Waals surface area contributed by atoms with E-state index in [1.54, 1.807) is 12.1 Å². The third-order valence-electron chi connectivity index (χ3n) is 4.91. The number of fused-ring (bicyclic) bond motifs is 1. The van der Waals surface area contributed by atoms with Crippen LogP contribution in [0.5, 0.6) is 11.6 Å². The van der Waals surface area contributed by atoms with Crippen molar-refractivity contribution in [2.45, 2.75) is 31.9 Å². The molecule has 1 aromatic heterocycles. The molecule has 0 radical (unpaired) electrons. The van der Waals surface area contributed by atoms with Crippen LogP contribution < -0.4 is 4.74 Å². The number of carbonyl (C=O) groups excluding carboxylic acids is 2. The summed E-state index contributed by atoms with van der Waals surface area (Å²) in [6, 6.07) is 13.2. The van der Waals surface area contributed by atoms with Crippen LogP contribution in [0.4, 0.5) is 13.2 Å². The topological polar surface area (TPSA) is 94.2 Å². The number of aryl methyl sites for hydroxylation is 1. The van der Waals surface area contributed by atoms with E-state index >= 15 is 0 Å². The minimum atomic E-state index is -5.31. The molecule has 0 saturated carbocycles. The summed E-state index contributed by atoms with van der Waals surface area (Å²) < 4.78 is 46.1. The van der Waals surface area contributed by atoms with Crippen LogP contribution in [0.15, 0.2) is 42.5 Å². The number of aromatic nitrogens is 3. The van der Waals surface area contributed by atoms with E-state index in [2.05, 4.69) is 32.3 Å². The fourth-order valence-electron chi connectivity index (χ4n) is 3.48. The molecular formula is C21H16F3N3O4. The highest BCUT2D eigenvalue weighted by Gasteiger charge is 2.43. The number of hydrogen-bond acceptors (Lipinski definition) is 6. The van der Waals surface area contributed by atoms with Crippen molar-refractivity contribution in [1.82, 2.24) is 15.4 Å². The summed E-state index contributed by atoms with van der Waals surface area (Å²) in [5.74, 6) is -4.38. The van der Waals surface area contributed by atoms with Crippen LogP contribution in [0.2, 0.25) is 0 Å². The van der Waals surface area contributed by atoms with Crippen molar-refractivity contribution in [3.05, 3.63) is 59.3 Å². The van der Waals surface area contributed by atoms with E-state index in [0.29, 0.717) is 0 Å². The van der Waals surface area contributed by atoms with Crippen LogP contribution >= 0.6 is 0 Å². The van der Waals surface area contributed by atoms with Gasteiger partial charge in [-0.3, -0.25) is 0 Å². The van der Waals surface area contributed by atoms with Gasteiger partial charge in [-0.25, -0.2) is 14.7 Å². The third-order valence-corrected chi connectivity index (χ3v) is 4.91. The van der Waals surface area contributed by atoms with E-state index in [9.17, 15) is 22.8 Å². The van der Waals surface area contributed by atoms with Gasteiger partial charge in [-0.15, -0.1) is 0 Å². The first-order valence-corrected chi connectivity index (χ1v) is 9.46. The number of alkyl halides is 3. The number of nitrogens with zero attached hydrogens (tertiary/aromatic N) is 2. The van der Waals surface area contributed by atoms with E-state index in [4.69, 9.17) is 4.74 Å². The van der Waals surface area contributed by atoms with Gasteiger partial charge in [-0.2, -0.15) is 13.2 Å². The summed E-state index contributed by atoms with van der Waals surface area (Å²) in [5.41, 5.74) is 4.20. The normalized spacial score (nSPS) is 13.4. The maximum absolute atomic E-state index is 12.3. The number of nitrogens with one attached hydrogen (secondary N) is 1. The molecule has 1 aliphatic rings. The Morgan fingerprint density at radius 2 is 1.74 bits per heavy atom. The summed E-state index contributed by atoms with van der Waals surface area (Å²) in [7, 11) is 0. The first kappa shape index (κ1) is 20.6. The van der Waals surface area contributed by atoms with Crippen molar-refractivity contribution in [2.24, 2.45) is 0 Å². The Bertz CT molecular complexity index is 1120. The predicted octanol–water partition coefficient (Wildman–Crippen LogP) is 4.39. The average molecular weight is 431 g/mol. The van der Waals surface area contributed by atoms with E-state index < -0.39 is 29.7 Å². The summed E-state index contributed by atoms with van der Waals surface area (Å²) in [6.07, 6.45) is -0.902. The molecule has 0 atom stereocenters. The van der Waals surface area contributed by atoms with Gasteiger partial charge in [-0.05, 0) is 60.1 Å². The van der Waals surface area contributed by atoms with E-state index in [0.717, 1.165) is 30.4 Å². The van der Waals surface area contributed by atoms with Gasteiger partial charge in [0.2, 0.25) is 5.69 Å². The Kier molecular flexibility index (Phi) is 5.45. The van der Waals surface area contributed by atoms with Gasteiger partial charge in [0.05, 0.1) is 0 Å². The Morgan fingerprint density at radius 1 is 1.00 bits per heavy atom. The van der Waals surface area contributed by atoms with Crippen molar-refractivity contribution in [2.75, 3.05) is 0 Å². The minimum absolute atomic E-state index is 0.277. The van der Waals surface area contributed by atoms with Gasteiger partial charge < -0.3 is 9.47 Å². The van der Waals surface area contributed by atoms with Crippen LogP contribution in [-0.2, 0) is 22.4 Å². The number of esters is 2. The number of carbonyl (C=O) groups is 2. The molecule has 0 unspecified atom stereocenters. The number of benzene rings is 2. The van der Waals surface area contributed by atoms with Crippen LogP contribution in [0.3, 0.4) is 0 Å². The molecule has 160 valence electrons. The molecule has 1 aliphatic carbocycles. The molecule has 0 aliphatic heterocycles. The number of ether oxygens (including phenoxy) is 2. The monoisotopic (exact) mass is 431 g/mol. The lowest BCUT2D eigenvalue weighted by molar-refractivity contribution is -0.193. The number of H-pyrrole nitrogens is 1. The molecule has 0 saturated heterocycles. The smallest absolute Gasteiger partial charge is 0.436 e. The maximum Gasteiger partial charge on any atom is 0.491 e. The molecule has 0 fully saturated rings. The van der Waals surface area contributed by atoms with Gasteiger partial charge in [0.15, 0.2) is 0 Å². The van der Waals surface area contributed by atoms with Crippen molar-refractivity contribution in [3.63, 3.8) is 0 Å². The number of aromatic amines is 1. The second-order valence-corrected chi connectivity index (χ2v) is 6.94. The van der Waals surface area contributed by atoms with Gasteiger partial charge >= 0.3 is 18.1 Å². The molecule has 2 aromatic carbocycles. The zero-order chi connectivity index (χ0) is 22.0. The SMILES string of the molecule is O=C(OC(=O)C(F)(F)F)c1[nH]nnc1Oc1ccc(-c2cccc3c2CCCC3)cc1. The van der Waals surface area contributed by atoms with Crippen molar-refractivity contribution in [1.29, 1.82) is 0 Å². The van der Waals surface area contributed by atoms with Crippen molar-refractivity contribution in [3.8, 4) is 22.8 Å². The first-order valence-electron chi connectivity index (χ1n) is 9.46. The minimum Gasteiger partial charge on any atom is -0.436 e. The largest absolute Gasteiger partial charge is 0.491 e. The van der Waals surface area contributed by atoms with E-state index in [-0.39, 0.29) is 5.75 Å². The Morgan fingerprint density at radius 3 is 2.48 bits per heavy atom. The lowest BCUT2D eigenvalue weighted by Gasteiger charge is -2.19. The molecule has 0 spiro atoms. The third kappa shape index (κ3) is 4.42. The van der Waals surface area contributed by atoms with Crippen LogP contribution in [0.1, 0.15) is 34.5 Å². The molecule has 10 heteroatoms. The zero-order valence-electron chi connectivity index (χ0n) is 16.0. The Labute approximate surface area is 174 Å². The molecular weight excluding hydrogens is 415 g/mol. The van der Waals surface area contributed by atoms with Crippen molar-refractivity contribution >= 4 is 11.9 Å². The van der Waals surface area contributed by atoms with E-state index in [1.807, 2.05) is 18.2 Å². The second-order valence-electron chi connectivity index (χ2n) is 6.94. The molecule has 1 heterocycles. The lowest BCUT2D eigenvalue weighted by atomic mass is 9.86. The quantitative estimate of drug-likeness (QED) is 0.487. The van der Waals surface area contributed by atoms with Gasteiger partial charge in [0.25, 0.3) is 5.88 Å². The fourth-order valence-corrected chi connectivity index (χ4v) is 3.48. The fraction of sp³-hybridized carbons (Fsp3) is 0.238. The Balaban J connectivity index is 1.51. The zero-order valence-corrected chi connectivity index (χ0v) is 16.0. The second kappa shape index (κ2) is 8.21. The molecule has 1 N–H and O–H groups in total. The molecule has 4 rings (SSSR count). The van der Waals surface area contributed by atoms with Gasteiger partial charge in [0.1, 0.15) is 5.75 Å². The average Bonchev–Trinajstić information content (AvgIpc) is 3.21. The highest BCUT2D eigenvalue weighted by Crippen LogP contribution is 2.33. The van der Waals surface area contributed by atoms with Crippen molar-refractivity contribution < 1.29 is 32.2 Å². The Hall–Kier alpha value is -3.69. The molecule has 31 heavy (non-hydrogen) atoms. The summed E-state index contributed by atoms with van der Waals surface area (Å²) in [5, 5.41) is 8.92. The maximum atomic E-state index is 12.3. The summed E-state index contributed by atoms with van der Waals surface area (Å²) in [4.78, 5) is 22.7. The molecule has 0 amide bonds. The number of halogens is 3. The first-order chi connectivity index (χ1) is 14.8. The predicted molar refractivity (Wildman–Crippen MR) is 101 cm³/mol. The van der Waals surface area contributed by atoms with Gasteiger partial charge in [0, 0.05) is 0 Å². The van der Waals surface area contributed by atoms with Gasteiger partial charge in [-0.1, -0.05) is 40.6 Å². The summed E-state index contributed by atoms with van der Waals surface area (Å²) >= 11 is 0. The molecule has 3 aromatic rings.